The molecule has 1 aliphatic heterocycles. The number of aromatic nitrogens is 2. The van der Waals surface area contributed by atoms with Gasteiger partial charge in [-0.1, -0.05) is 0 Å². The number of likely N-dealkylation sites (N-methyl/N-ethyl adjacent to an activating group) is 1. The normalized spacial score (nSPS) is 22.2. The van der Waals surface area contributed by atoms with Crippen molar-refractivity contribution in [2.75, 3.05) is 30.8 Å². The molecule has 2 rings (SSSR count). The summed E-state index contributed by atoms with van der Waals surface area (Å²) in [6, 6.07) is 0.609. The Morgan fingerprint density at radius 2 is 2.59 bits per heavy atom. The summed E-state index contributed by atoms with van der Waals surface area (Å²) in [5.41, 5.74) is 6.21. The quantitative estimate of drug-likeness (QED) is 0.791. The largest absolute Gasteiger partial charge is 0.396 e. The van der Waals surface area contributed by atoms with Crippen molar-refractivity contribution in [3.8, 4) is 0 Å². The lowest BCUT2D eigenvalue weighted by atomic mass is 10.2. The van der Waals surface area contributed by atoms with E-state index in [2.05, 4.69) is 17.0 Å². The van der Waals surface area contributed by atoms with Gasteiger partial charge >= 0.3 is 0 Å². The van der Waals surface area contributed by atoms with Crippen molar-refractivity contribution in [1.82, 2.24) is 14.7 Å². The zero-order valence-corrected chi connectivity index (χ0v) is 10.9. The van der Waals surface area contributed by atoms with Crippen LogP contribution in [0.15, 0.2) is 12.4 Å². The molecule has 1 aromatic heterocycles. The van der Waals surface area contributed by atoms with Gasteiger partial charge in [0.25, 0.3) is 0 Å². The first-order chi connectivity index (χ1) is 8.15. The second kappa shape index (κ2) is 5.75. The number of hydrogen-bond donors (Lipinski definition) is 2. The minimum atomic E-state index is -0.398. The average molecular weight is 256 g/mol. The molecule has 6 heteroatoms. The lowest BCUT2D eigenvalue weighted by Crippen LogP contribution is -2.39. The van der Waals surface area contributed by atoms with Crippen LogP contribution in [0.3, 0.4) is 0 Å². The molecule has 0 radical (unpaired) electrons. The first kappa shape index (κ1) is 12.7. The number of nitrogens with zero attached hydrogens (tertiary/aromatic N) is 3. The van der Waals surface area contributed by atoms with Gasteiger partial charge in [-0.15, -0.1) is 0 Å². The summed E-state index contributed by atoms with van der Waals surface area (Å²) >= 11 is 1.99. The predicted molar refractivity (Wildman–Crippen MR) is 71.0 cm³/mol. The Morgan fingerprint density at radius 3 is 3.18 bits per heavy atom. The van der Waals surface area contributed by atoms with Gasteiger partial charge in [0.15, 0.2) is 0 Å². The third kappa shape index (κ3) is 3.62. The predicted octanol–water partition coefficient (Wildman–Crippen LogP) is 0.263. The molecule has 0 bridgehead atoms. The Bertz CT molecular complexity index is 351. The van der Waals surface area contributed by atoms with Crippen LogP contribution < -0.4 is 5.73 Å². The zero-order chi connectivity index (χ0) is 12.3. The highest BCUT2D eigenvalue weighted by Crippen LogP contribution is 2.21. The van der Waals surface area contributed by atoms with Crippen LogP contribution >= 0.6 is 11.8 Å². The van der Waals surface area contributed by atoms with E-state index in [1.807, 2.05) is 11.8 Å². The molecule has 0 aliphatic carbocycles. The second-order valence-corrected chi connectivity index (χ2v) is 5.76. The number of hydrogen-bond acceptors (Lipinski definition) is 5. The summed E-state index contributed by atoms with van der Waals surface area (Å²) in [4.78, 5) is 2.25. The van der Waals surface area contributed by atoms with Gasteiger partial charge in [-0.25, -0.2) is 0 Å². The number of rotatable bonds is 5. The molecule has 2 unspecified atom stereocenters. The van der Waals surface area contributed by atoms with E-state index in [4.69, 9.17) is 5.73 Å². The third-order valence-electron chi connectivity index (χ3n) is 3.08. The summed E-state index contributed by atoms with van der Waals surface area (Å²) in [5.74, 6) is 2.42. The van der Waals surface area contributed by atoms with Gasteiger partial charge in [-0.05, 0) is 19.2 Å². The Kier molecular flexibility index (Phi) is 4.31. The standard InChI is InChI=1S/C11H20N4OS/c1-14(10-2-3-17-8-10)6-11(16)7-15-5-9(12)4-13-15/h4-5,10-11,16H,2-3,6-8,12H2,1H3. The molecule has 1 saturated heterocycles. The lowest BCUT2D eigenvalue weighted by molar-refractivity contribution is 0.0924. The fraction of sp³-hybridized carbons (Fsp3) is 0.727. The Hall–Kier alpha value is -0.720. The van der Waals surface area contributed by atoms with Crippen molar-refractivity contribution < 1.29 is 5.11 Å². The van der Waals surface area contributed by atoms with Crippen LogP contribution in [0.4, 0.5) is 5.69 Å². The van der Waals surface area contributed by atoms with Gasteiger partial charge in [-0.2, -0.15) is 16.9 Å². The van der Waals surface area contributed by atoms with Crippen LogP contribution in [0.5, 0.6) is 0 Å². The number of anilines is 1. The van der Waals surface area contributed by atoms with E-state index >= 15 is 0 Å². The van der Waals surface area contributed by atoms with Crippen molar-refractivity contribution in [2.24, 2.45) is 0 Å². The van der Waals surface area contributed by atoms with Crippen molar-refractivity contribution in [3.05, 3.63) is 12.4 Å². The molecule has 96 valence electrons. The van der Waals surface area contributed by atoms with Gasteiger partial charge in [0.05, 0.1) is 24.5 Å². The Balaban J connectivity index is 1.78. The molecule has 1 fully saturated rings. The topological polar surface area (TPSA) is 67.3 Å². The molecule has 0 aromatic carbocycles. The fourth-order valence-corrected chi connectivity index (χ4v) is 3.40. The summed E-state index contributed by atoms with van der Waals surface area (Å²) in [5, 5.41) is 14.1. The van der Waals surface area contributed by atoms with Gasteiger partial charge in [0.1, 0.15) is 0 Å². The highest BCUT2D eigenvalue weighted by atomic mass is 32.2. The molecule has 5 nitrogen and oxygen atoms in total. The monoisotopic (exact) mass is 256 g/mol. The Morgan fingerprint density at radius 1 is 1.76 bits per heavy atom. The second-order valence-electron chi connectivity index (χ2n) is 4.61. The molecule has 2 heterocycles. The minimum absolute atomic E-state index is 0.398. The maximum absolute atomic E-state index is 9.99. The summed E-state index contributed by atoms with van der Waals surface area (Å²) < 4.78 is 1.69. The van der Waals surface area contributed by atoms with Crippen LogP contribution in [0.1, 0.15) is 6.42 Å². The molecule has 17 heavy (non-hydrogen) atoms. The number of aliphatic hydroxyl groups excluding tert-OH is 1. The van der Waals surface area contributed by atoms with E-state index in [-0.39, 0.29) is 0 Å². The molecular formula is C11H20N4OS. The highest BCUT2D eigenvalue weighted by Gasteiger charge is 2.21. The van der Waals surface area contributed by atoms with Crippen LogP contribution in [-0.2, 0) is 6.54 Å². The van der Waals surface area contributed by atoms with Gasteiger partial charge in [-0.3, -0.25) is 9.58 Å². The maximum atomic E-state index is 9.99. The molecular weight excluding hydrogens is 236 g/mol. The van der Waals surface area contributed by atoms with Crippen molar-refractivity contribution in [3.63, 3.8) is 0 Å². The van der Waals surface area contributed by atoms with E-state index in [1.54, 1.807) is 17.1 Å². The number of thioether (sulfide) groups is 1. The van der Waals surface area contributed by atoms with Crippen LogP contribution in [-0.4, -0.2) is 57.0 Å². The number of aliphatic hydroxyl groups is 1. The summed E-state index contributed by atoms with van der Waals surface area (Å²) in [6.45, 7) is 1.19. The van der Waals surface area contributed by atoms with E-state index in [0.29, 0.717) is 24.8 Å². The number of nitrogens with two attached hydrogens (primary N) is 1. The molecule has 0 amide bonds. The first-order valence-corrected chi connectivity index (χ1v) is 7.04. The van der Waals surface area contributed by atoms with Gasteiger partial charge < -0.3 is 10.8 Å². The molecule has 0 spiro atoms. The molecule has 1 aliphatic rings. The van der Waals surface area contributed by atoms with Crippen LogP contribution in [0.25, 0.3) is 0 Å². The zero-order valence-electron chi connectivity index (χ0n) is 10.1. The summed E-state index contributed by atoms with van der Waals surface area (Å²) in [7, 11) is 2.08. The minimum Gasteiger partial charge on any atom is -0.396 e. The van der Waals surface area contributed by atoms with Gasteiger partial charge in [0.2, 0.25) is 0 Å². The van der Waals surface area contributed by atoms with E-state index in [9.17, 15) is 5.11 Å². The van der Waals surface area contributed by atoms with Crippen LogP contribution in [0.2, 0.25) is 0 Å². The first-order valence-electron chi connectivity index (χ1n) is 5.89. The van der Waals surface area contributed by atoms with E-state index in [0.717, 1.165) is 0 Å². The van der Waals surface area contributed by atoms with Crippen molar-refractivity contribution in [1.29, 1.82) is 0 Å². The molecule has 2 atom stereocenters. The fourth-order valence-electron chi connectivity index (χ4n) is 2.10. The molecule has 1 aromatic rings. The van der Waals surface area contributed by atoms with Crippen molar-refractivity contribution in [2.45, 2.75) is 25.1 Å². The van der Waals surface area contributed by atoms with E-state index < -0.39 is 6.10 Å². The maximum Gasteiger partial charge on any atom is 0.0862 e. The highest BCUT2D eigenvalue weighted by molar-refractivity contribution is 7.99. The Labute approximate surface area is 106 Å². The van der Waals surface area contributed by atoms with Crippen molar-refractivity contribution >= 4 is 17.4 Å². The average Bonchev–Trinajstić information content (AvgIpc) is 2.89. The van der Waals surface area contributed by atoms with Gasteiger partial charge in [0, 0.05) is 24.5 Å². The molecule has 0 saturated carbocycles. The van der Waals surface area contributed by atoms with Crippen LogP contribution in [0, 0.1) is 0 Å². The summed E-state index contributed by atoms with van der Waals surface area (Å²) in [6.07, 6.45) is 4.17. The lowest BCUT2D eigenvalue weighted by Gasteiger charge is -2.25. The molecule has 3 N–H and O–H groups in total. The van der Waals surface area contributed by atoms with E-state index in [1.165, 1.54) is 17.9 Å². The number of nitrogen functional groups attached to an aromatic ring is 1. The SMILES string of the molecule is CN(CC(O)Cn1cc(N)cn1)C1CCSC1. The third-order valence-corrected chi connectivity index (χ3v) is 4.22. The smallest absolute Gasteiger partial charge is 0.0862 e.